The smallest absolute Gasteiger partial charge is 0.323 e. The molecule has 0 saturated carbocycles. The molecule has 8 nitrogen and oxygen atoms in total. The number of unbranched alkanes of at least 4 members (excludes halogenated alkanes) is 2. The fraction of sp³-hybridized carbons (Fsp3) is 0.350. The lowest BCUT2D eigenvalue weighted by atomic mass is 10.2. The number of aryl methyl sites for hydroxylation is 1. The van der Waals surface area contributed by atoms with Gasteiger partial charge in [-0.15, -0.1) is 0 Å². The number of anilines is 1. The first-order valence-corrected chi connectivity index (χ1v) is 10.8. The maximum atomic E-state index is 13.2. The zero-order valence-corrected chi connectivity index (χ0v) is 18.3. The number of carbonyl (C=O) groups is 2. The van der Waals surface area contributed by atoms with E-state index in [4.69, 9.17) is 17.3 Å². The number of nitrogens with one attached hydrogen (secondary N) is 1. The van der Waals surface area contributed by atoms with E-state index in [1.54, 1.807) is 12.3 Å². The number of hydrogen-bond donors (Lipinski definition) is 2. The van der Waals surface area contributed by atoms with Gasteiger partial charge in [0.05, 0.1) is 10.5 Å². The maximum absolute atomic E-state index is 13.2. The van der Waals surface area contributed by atoms with E-state index in [1.807, 2.05) is 13.0 Å². The first kappa shape index (κ1) is 22.0. The molecule has 10 heteroatoms. The van der Waals surface area contributed by atoms with Gasteiger partial charge in [-0.1, -0.05) is 49.8 Å². The van der Waals surface area contributed by atoms with Crippen LogP contribution in [0.1, 0.15) is 37.3 Å². The molecule has 1 aliphatic heterocycles. The van der Waals surface area contributed by atoms with E-state index in [-0.39, 0.29) is 20.3 Å². The van der Waals surface area contributed by atoms with E-state index in [1.165, 1.54) is 10.5 Å². The molecule has 158 valence electrons. The highest BCUT2D eigenvalue weighted by molar-refractivity contribution is 8.26. The SMILES string of the molecule is CCCCCNc1nc2ccc(C)cn2c(=O)c1/C=C1\SC(=S)N(CC(=O)O)C1=O. The highest BCUT2D eigenvalue weighted by Gasteiger charge is 2.34. The van der Waals surface area contributed by atoms with Gasteiger partial charge in [-0.25, -0.2) is 4.98 Å². The van der Waals surface area contributed by atoms with Crippen LogP contribution in [0.5, 0.6) is 0 Å². The van der Waals surface area contributed by atoms with Crippen molar-refractivity contribution in [1.29, 1.82) is 0 Å². The Hall–Kier alpha value is -2.72. The van der Waals surface area contributed by atoms with E-state index >= 15 is 0 Å². The molecular weight excluding hydrogens is 424 g/mol. The molecule has 0 unspecified atom stereocenters. The molecule has 0 bridgehead atoms. The number of pyridine rings is 1. The molecule has 1 fully saturated rings. The summed E-state index contributed by atoms with van der Waals surface area (Å²) < 4.78 is 1.59. The third-order valence-electron chi connectivity index (χ3n) is 4.52. The van der Waals surface area contributed by atoms with Gasteiger partial charge in [-0.05, 0) is 31.1 Å². The van der Waals surface area contributed by atoms with Gasteiger partial charge in [0.15, 0.2) is 0 Å². The fourth-order valence-electron chi connectivity index (χ4n) is 3.01. The Labute approximate surface area is 183 Å². The Kier molecular flexibility index (Phi) is 6.88. The number of fused-ring (bicyclic) bond motifs is 1. The average molecular weight is 447 g/mol. The van der Waals surface area contributed by atoms with Gasteiger partial charge in [0.1, 0.15) is 22.3 Å². The van der Waals surface area contributed by atoms with Crippen LogP contribution >= 0.6 is 24.0 Å². The number of aromatic nitrogens is 2. The summed E-state index contributed by atoms with van der Waals surface area (Å²) in [6.07, 6.45) is 6.17. The quantitative estimate of drug-likeness (QED) is 0.362. The lowest BCUT2D eigenvalue weighted by Crippen LogP contribution is -2.33. The minimum atomic E-state index is -1.16. The molecule has 1 saturated heterocycles. The second-order valence-corrected chi connectivity index (χ2v) is 8.59. The zero-order chi connectivity index (χ0) is 21.8. The molecule has 3 rings (SSSR count). The standard InChI is InChI=1S/C20H22N4O4S2/c1-3-4-5-8-21-17-13(18(27)23-10-12(2)6-7-15(23)22-17)9-14-19(28)24(11-16(25)26)20(29)30-14/h6-7,9-10,21H,3-5,8,11H2,1-2H3,(H,25,26)/b14-9-. The van der Waals surface area contributed by atoms with E-state index in [9.17, 15) is 14.4 Å². The number of nitrogens with zero attached hydrogens (tertiary/aromatic N) is 3. The lowest BCUT2D eigenvalue weighted by Gasteiger charge is -2.12. The first-order chi connectivity index (χ1) is 14.3. The number of rotatable bonds is 8. The van der Waals surface area contributed by atoms with Crippen LogP contribution in [0.4, 0.5) is 5.82 Å². The maximum Gasteiger partial charge on any atom is 0.323 e. The molecule has 0 aromatic carbocycles. The topological polar surface area (TPSA) is 104 Å². The Morgan fingerprint density at radius 2 is 2.10 bits per heavy atom. The highest BCUT2D eigenvalue weighted by atomic mass is 32.2. The number of carboxylic acids is 1. The molecule has 1 amide bonds. The van der Waals surface area contributed by atoms with Gasteiger partial charge in [-0.3, -0.25) is 23.7 Å². The van der Waals surface area contributed by atoms with Crippen molar-refractivity contribution in [1.82, 2.24) is 14.3 Å². The number of carboxylic acid groups (broad SMARTS) is 1. The van der Waals surface area contributed by atoms with Crippen molar-refractivity contribution in [2.45, 2.75) is 33.1 Å². The van der Waals surface area contributed by atoms with E-state index in [2.05, 4.69) is 17.2 Å². The van der Waals surface area contributed by atoms with Crippen LogP contribution in [0.3, 0.4) is 0 Å². The number of amides is 1. The van der Waals surface area contributed by atoms with E-state index < -0.39 is 18.4 Å². The predicted molar refractivity (Wildman–Crippen MR) is 122 cm³/mol. The summed E-state index contributed by atoms with van der Waals surface area (Å²) in [6.45, 7) is 4.11. The Morgan fingerprint density at radius 3 is 2.80 bits per heavy atom. The van der Waals surface area contributed by atoms with Crippen LogP contribution in [-0.2, 0) is 9.59 Å². The summed E-state index contributed by atoms with van der Waals surface area (Å²) in [4.78, 5) is 42.6. The lowest BCUT2D eigenvalue weighted by molar-refractivity contribution is -0.140. The van der Waals surface area contributed by atoms with Crippen molar-refractivity contribution in [3.63, 3.8) is 0 Å². The van der Waals surface area contributed by atoms with E-state index in [0.29, 0.717) is 18.0 Å². The predicted octanol–water partition coefficient (Wildman–Crippen LogP) is 2.89. The molecule has 2 aromatic rings. The Morgan fingerprint density at radius 1 is 1.33 bits per heavy atom. The minimum absolute atomic E-state index is 0.149. The van der Waals surface area contributed by atoms with E-state index in [0.717, 1.165) is 41.5 Å². The van der Waals surface area contributed by atoms with Gasteiger partial charge in [0.2, 0.25) is 0 Å². The largest absolute Gasteiger partial charge is 0.480 e. The summed E-state index contributed by atoms with van der Waals surface area (Å²) in [7, 11) is 0. The third kappa shape index (κ3) is 4.71. The molecular formula is C20H22N4O4S2. The average Bonchev–Trinajstić information content (AvgIpc) is 2.95. The molecule has 0 radical (unpaired) electrons. The van der Waals surface area contributed by atoms with Crippen molar-refractivity contribution in [2.75, 3.05) is 18.4 Å². The van der Waals surface area contributed by atoms with Crippen LogP contribution in [0.15, 0.2) is 28.0 Å². The summed E-state index contributed by atoms with van der Waals surface area (Å²) in [5.41, 5.74) is 1.32. The third-order valence-corrected chi connectivity index (χ3v) is 5.90. The summed E-state index contributed by atoms with van der Waals surface area (Å²) in [5, 5.41) is 12.2. The van der Waals surface area contributed by atoms with Crippen molar-refractivity contribution in [2.24, 2.45) is 0 Å². The number of thioether (sulfide) groups is 1. The van der Waals surface area contributed by atoms with Gasteiger partial charge >= 0.3 is 5.97 Å². The normalized spacial score (nSPS) is 15.4. The molecule has 1 aliphatic rings. The van der Waals surface area contributed by atoms with Crippen LogP contribution in [0.2, 0.25) is 0 Å². The van der Waals surface area contributed by atoms with Crippen LogP contribution in [0, 0.1) is 6.92 Å². The molecule has 2 aromatic heterocycles. The minimum Gasteiger partial charge on any atom is -0.480 e. The molecule has 0 aliphatic carbocycles. The zero-order valence-electron chi connectivity index (χ0n) is 16.7. The number of carbonyl (C=O) groups excluding carboxylic acids is 1. The van der Waals surface area contributed by atoms with Gasteiger partial charge in [0.25, 0.3) is 11.5 Å². The number of thiocarbonyl (C=S) groups is 1. The van der Waals surface area contributed by atoms with Crippen molar-refractivity contribution < 1.29 is 14.7 Å². The molecule has 0 atom stereocenters. The number of hydrogen-bond acceptors (Lipinski definition) is 7. The second kappa shape index (κ2) is 9.40. The fourth-order valence-corrected chi connectivity index (χ4v) is 4.24. The van der Waals surface area contributed by atoms with Crippen molar-refractivity contribution in [3.8, 4) is 0 Å². The monoisotopic (exact) mass is 446 g/mol. The summed E-state index contributed by atoms with van der Waals surface area (Å²) in [6, 6.07) is 3.64. The molecule has 3 heterocycles. The Balaban J connectivity index is 2.06. The summed E-state index contributed by atoms with van der Waals surface area (Å²) >= 11 is 6.12. The summed E-state index contributed by atoms with van der Waals surface area (Å²) in [5.74, 6) is -1.30. The first-order valence-electron chi connectivity index (χ1n) is 9.56. The van der Waals surface area contributed by atoms with Gasteiger partial charge in [-0.2, -0.15) is 0 Å². The van der Waals surface area contributed by atoms with Crippen LogP contribution < -0.4 is 10.9 Å². The molecule has 2 N–H and O–H groups in total. The highest BCUT2D eigenvalue weighted by Crippen LogP contribution is 2.32. The second-order valence-electron chi connectivity index (χ2n) is 6.91. The van der Waals surface area contributed by atoms with Crippen LogP contribution in [0.25, 0.3) is 11.7 Å². The van der Waals surface area contributed by atoms with Crippen molar-refractivity contribution in [3.05, 3.63) is 44.7 Å². The Bertz CT molecular complexity index is 1110. The van der Waals surface area contributed by atoms with Gasteiger partial charge in [0, 0.05) is 12.7 Å². The van der Waals surface area contributed by atoms with Crippen molar-refractivity contribution >= 4 is 57.7 Å². The number of aliphatic carboxylic acids is 1. The molecule has 0 spiro atoms. The van der Waals surface area contributed by atoms with Crippen LogP contribution in [-0.4, -0.2) is 48.7 Å². The molecule has 30 heavy (non-hydrogen) atoms. The van der Waals surface area contributed by atoms with Gasteiger partial charge < -0.3 is 10.4 Å².